The summed E-state index contributed by atoms with van der Waals surface area (Å²) in [6.07, 6.45) is 3.86. The molecule has 0 bridgehead atoms. The van der Waals surface area contributed by atoms with Crippen LogP contribution in [0.25, 0.3) is 5.57 Å². The molecule has 1 unspecified atom stereocenters. The average Bonchev–Trinajstić information content (AvgIpc) is 2.87. The number of halogens is 7. The molecule has 0 radical (unpaired) electrons. The number of benzene rings is 2. The van der Waals surface area contributed by atoms with Crippen molar-refractivity contribution in [1.29, 1.82) is 0 Å². The minimum Gasteiger partial charge on any atom is -0.429 e. The summed E-state index contributed by atoms with van der Waals surface area (Å²) >= 11 is 0. The molecule has 0 aromatic heterocycles. The fraction of sp³-hybridized carbons (Fsp3) is 0.500. The van der Waals surface area contributed by atoms with Gasteiger partial charge in [0.1, 0.15) is 11.3 Å². The lowest BCUT2D eigenvalue weighted by molar-refractivity contribution is -0.188. The van der Waals surface area contributed by atoms with Gasteiger partial charge in [-0.3, -0.25) is 0 Å². The first-order valence-electron chi connectivity index (χ1n) is 12.6. The topological polar surface area (TPSA) is 18.5 Å². The van der Waals surface area contributed by atoms with E-state index in [4.69, 9.17) is 4.74 Å². The molecule has 9 heteroatoms. The van der Waals surface area contributed by atoms with E-state index in [1.165, 1.54) is 0 Å². The van der Waals surface area contributed by atoms with Gasteiger partial charge in [0.05, 0.1) is 0 Å². The van der Waals surface area contributed by atoms with E-state index in [0.717, 1.165) is 44.8 Å². The Labute approximate surface area is 211 Å². The van der Waals surface area contributed by atoms with Gasteiger partial charge >= 0.3 is 6.11 Å². The molecule has 2 aromatic rings. The van der Waals surface area contributed by atoms with Crippen molar-refractivity contribution >= 4 is 5.57 Å². The Kier molecular flexibility index (Phi) is 8.51. The van der Waals surface area contributed by atoms with E-state index >= 15 is 0 Å². The molecule has 0 spiro atoms. The Hall–Kier alpha value is -2.55. The SMILES string of the molecule is CCOCC1CCC(C2CC=C(c3ccc(C(F)(F)Oc4cc(F)c(F)c(F)c4)c(F)c3F)CC2)CC1. The van der Waals surface area contributed by atoms with Crippen molar-refractivity contribution in [2.75, 3.05) is 13.2 Å². The lowest BCUT2D eigenvalue weighted by Crippen LogP contribution is -2.25. The molecule has 2 nitrogen and oxygen atoms in total. The van der Waals surface area contributed by atoms with Crippen LogP contribution in [-0.2, 0) is 10.8 Å². The number of allylic oxidation sites excluding steroid dienone is 2. The first-order chi connectivity index (χ1) is 17.6. The number of rotatable bonds is 8. The maximum absolute atomic E-state index is 14.9. The third-order valence-corrected chi connectivity index (χ3v) is 7.51. The van der Waals surface area contributed by atoms with E-state index in [2.05, 4.69) is 4.74 Å². The highest BCUT2D eigenvalue weighted by Gasteiger charge is 2.40. The highest BCUT2D eigenvalue weighted by Crippen LogP contribution is 2.43. The highest BCUT2D eigenvalue weighted by atomic mass is 19.3. The molecule has 1 atom stereocenters. The minimum absolute atomic E-state index is 0.102. The molecule has 0 N–H and O–H groups in total. The van der Waals surface area contributed by atoms with Crippen LogP contribution in [0.3, 0.4) is 0 Å². The molecular weight excluding hydrogens is 501 g/mol. The molecule has 1 fully saturated rings. The molecule has 2 aromatic carbocycles. The molecule has 2 aliphatic carbocycles. The summed E-state index contributed by atoms with van der Waals surface area (Å²) < 4.78 is 108. The number of alkyl halides is 2. The van der Waals surface area contributed by atoms with Gasteiger partial charge in [0.15, 0.2) is 29.1 Å². The average molecular weight is 531 g/mol. The van der Waals surface area contributed by atoms with Crippen molar-refractivity contribution < 1.29 is 40.2 Å². The summed E-state index contributed by atoms with van der Waals surface area (Å²) in [6, 6.07) is 2.14. The summed E-state index contributed by atoms with van der Waals surface area (Å²) in [4.78, 5) is 0. The summed E-state index contributed by atoms with van der Waals surface area (Å²) in [7, 11) is 0. The molecule has 202 valence electrons. The molecule has 1 saturated carbocycles. The molecule has 0 amide bonds. The predicted octanol–water partition coefficient (Wildman–Crippen LogP) is 8.54. The third kappa shape index (κ3) is 6.13. The van der Waals surface area contributed by atoms with Crippen LogP contribution in [0.4, 0.5) is 30.7 Å². The predicted molar refractivity (Wildman–Crippen MR) is 124 cm³/mol. The van der Waals surface area contributed by atoms with E-state index in [9.17, 15) is 30.7 Å². The standard InChI is InChI=1S/C28H29F7O2/c1-2-36-15-16-3-5-17(6-4-16)18-7-9-19(10-8-18)21-11-12-22(26(32)25(21)31)28(34,35)37-20-13-23(29)27(33)24(30)14-20/h9,11-14,16-18H,2-8,10,15H2,1H3. The van der Waals surface area contributed by atoms with Gasteiger partial charge in [-0.05, 0) is 81.3 Å². The van der Waals surface area contributed by atoms with Gasteiger partial charge < -0.3 is 9.47 Å². The van der Waals surface area contributed by atoms with E-state index in [0.29, 0.717) is 48.8 Å². The molecule has 37 heavy (non-hydrogen) atoms. The van der Waals surface area contributed by atoms with Crippen LogP contribution < -0.4 is 4.74 Å². The van der Waals surface area contributed by atoms with Crippen LogP contribution >= 0.6 is 0 Å². The van der Waals surface area contributed by atoms with Crippen LogP contribution in [0.2, 0.25) is 0 Å². The first kappa shape index (κ1) is 27.5. The normalized spacial score (nSPS) is 22.6. The maximum Gasteiger partial charge on any atom is 0.429 e. The van der Waals surface area contributed by atoms with Crippen molar-refractivity contribution in [3.05, 3.63) is 70.6 Å². The second-order valence-electron chi connectivity index (χ2n) is 9.81. The summed E-state index contributed by atoms with van der Waals surface area (Å²) in [5.74, 6) is -8.12. The van der Waals surface area contributed by atoms with E-state index in [1.807, 2.05) is 13.0 Å². The zero-order chi connectivity index (χ0) is 26.7. The highest BCUT2D eigenvalue weighted by molar-refractivity contribution is 5.67. The summed E-state index contributed by atoms with van der Waals surface area (Å²) in [5, 5.41) is 0. The fourth-order valence-corrected chi connectivity index (χ4v) is 5.45. The van der Waals surface area contributed by atoms with Crippen LogP contribution in [0.5, 0.6) is 5.75 Å². The lowest BCUT2D eigenvalue weighted by Gasteiger charge is -2.35. The van der Waals surface area contributed by atoms with Crippen LogP contribution in [0.1, 0.15) is 63.0 Å². The minimum atomic E-state index is -4.47. The van der Waals surface area contributed by atoms with Crippen LogP contribution in [0.15, 0.2) is 30.3 Å². The van der Waals surface area contributed by atoms with E-state index in [1.54, 1.807) is 0 Å². The van der Waals surface area contributed by atoms with Crippen LogP contribution in [-0.4, -0.2) is 13.2 Å². The second kappa shape index (κ2) is 11.5. The lowest BCUT2D eigenvalue weighted by atomic mass is 9.71. The van der Waals surface area contributed by atoms with Crippen molar-refractivity contribution in [3.8, 4) is 5.75 Å². The maximum atomic E-state index is 14.9. The Morgan fingerprint density at radius 2 is 1.51 bits per heavy atom. The largest absolute Gasteiger partial charge is 0.429 e. The zero-order valence-corrected chi connectivity index (χ0v) is 20.4. The van der Waals surface area contributed by atoms with Gasteiger partial charge in [-0.15, -0.1) is 0 Å². The summed E-state index contributed by atoms with van der Waals surface area (Å²) in [6.45, 7) is 3.49. The van der Waals surface area contributed by atoms with E-state index in [-0.39, 0.29) is 17.7 Å². The molecular formula is C28H29F7O2. The molecule has 4 rings (SSSR count). The molecule has 0 heterocycles. The van der Waals surface area contributed by atoms with Crippen molar-refractivity contribution in [1.82, 2.24) is 0 Å². The zero-order valence-electron chi connectivity index (χ0n) is 20.4. The Bertz CT molecular complexity index is 1120. The molecule has 2 aliphatic rings. The Balaban J connectivity index is 1.44. The van der Waals surface area contributed by atoms with Gasteiger partial charge in [-0.2, -0.15) is 8.78 Å². The summed E-state index contributed by atoms with van der Waals surface area (Å²) in [5.41, 5.74) is -0.983. The Morgan fingerprint density at radius 3 is 2.11 bits per heavy atom. The smallest absolute Gasteiger partial charge is 0.429 e. The monoisotopic (exact) mass is 530 g/mol. The quantitative estimate of drug-likeness (QED) is 0.252. The van der Waals surface area contributed by atoms with Gasteiger partial charge in [-0.25, -0.2) is 22.0 Å². The second-order valence-corrected chi connectivity index (χ2v) is 9.81. The fourth-order valence-electron chi connectivity index (χ4n) is 5.45. The molecule has 0 aliphatic heterocycles. The van der Waals surface area contributed by atoms with Crippen LogP contribution in [0, 0.1) is 46.8 Å². The number of hydrogen-bond donors (Lipinski definition) is 0. The first-order valence-corrected chi connectivity index (χ1v) is 12.6. The third-order valence-electron chi connectivity index (χ3n) is 7.51. The van der Waals surface area contributed by atoms with Gasteiger partial charge in [-0.1, -0.05) is 12.1 Å². The van der Waals surface area contributed by atoms with Gasteiger partial charge in [0.25, 0.3) is 0 Å². The molecule has 0 saturated heterocycles. The number of hydrogen-bond acceptors (Lipinski definition) is 2. The van der Waals surface area contributed by atoms with Crippen molar-refractivity contribution in [2.45, 2.75) is 58.0 Å². The van der Waals surface area contributed by atoms with Gasteiger partial charge in [0, 0.05) is 30.9 Å². The van der Waals surface area contributed by atoms with Gasteiger partial charge in [0.2, 0.25) is 0 Å². The Morgan fingerprint density at radius 1 is 0.838 bits per heavy atom. The van der Waals surface area contributed by atoms with Crippen molar-refractivity contribution in [3.63, 3.8) is 0 Å². The van der Waals surface area contributed by atoms with Crippen molar-refractivity contribution in [2.24, 2.45) is 17.8 Å². The van der Waals surface area contributed by atoms with E-state index < -0.39 is 46.5 Å². The number of ether oxygens (including phenoxy) is 2.